The van der Waals surface area contributed by atoms with E-state index in [1.54, 1.807) is 4.57 Å². The number of hydrogen-bond donors (Lipinski definition) is 4. The van der Waals surface area contributed by atoms with Crippen LogP contribution in [-0.4, -0.2) is 59.3 Å². The van der Waals surface area contributed by atoms with E-state index >= 15 is 0 Å². The summed E-state index contributed by atoms with van der Waals surface area (Å²) in [4.78, 5) is 17.8. The predicted octanol–water partition coefficient (Wildman–Crippen LogP) is 1.80. The molecule has 4 atom stereocenters. The van der Waals surface area contributed by atoms with E-state index in [0.29, 0.717) is 5.82 Å². The van der Waals surface area contributed by atoms with Crippen LogP contribution in [0, 0.1) is 4.77 Å². The number of aliphatic hydroxyl groups is 2. The number of nitrogens with zero attached hydrogens (tertiary/aromatic N) is 3. The van der Waals surface area contributed by atoms with Crippen molar-refractivity contribution in [2.24, 2.45) is 0 Å². The van der Waals surface area contributed by atoms with Gasteiger partial charge in [0, 0.05) is 11.3 Å². The molecule has 1 aliphatic heterocycles. The standard InChI is InChI=1S/C19H20N3O7PS/c23-15-14(11-28-30(25,26)27)29-18(16(15)24)22-19(31)21(13-9-5-2-6-10-13)17(20-22)12-7-3-1-4-8-12/h1-10,14-16,18,23-24H,11H2,(H2,25,26,27)/t14-,15-,16-,18-/m1/s1. The summed E-state index contributed by atoms with van der Waals surface area (Å²) >= 11 is 5.62. The van der Waals surface area contributed by atoms with Gasteiger partial charge in [0.05, 0.1) is 6.61 Å². The van der Waals surface area contributed by atoms with Crippen molar-refractivity contribution in [3.8, 4) is 17.1 Å². The van der Waals surface area contributed by atoms with Crippen LogP contribution in [0.4, 0.5) is 0 Å². The molecule has 3 aromatic rings. The second-order valence-corrected chi connectivity index (χ2v) is 8.52. The summed E-state index contributed by atoms with van der Waals surface area (Å²) < 4.78 is 24.2. The summed E-state index contributed by atoms with van der Waals surface area (Å²) in [6, 6.07) is 18.6. The van der Waals surface area contributed by atoms with Gasteiger partial charge in [-0.15, -0.1) is 5.10 Å². The van der Waals surface area contributed by atoms with Crippen LogP contribution >= 0.6 is 20.0 Å². The Morgan fingerprint density at radius 1 is 1.03 bits per heavy atom. The number of benzene rings is 2. The minimum Gasteiger partial charge on any atom is -0.387 e. The van der Waals surface area contributed by atoms with Crippen LogP contribution in [0.2, 0.25) is 0 Å². The minimum atomic E-state index is -4.77. The summed E-state index contributed by atoms with van der Waals surface area (Å²) in [5.41, 5.74) is 1.51. The predicted molar refractivity (Wildman–Crippen MR) is 112 cm³/mol. The first-order valence-corrected chi connectivity index (χ1v) is 11.2. The summed E-state index contributed by atoms with van der Waals surface area (Å²) in [5.74, 6) is 0.497. The Morgan fingerprint density at radius 3 is 2.26 bits per heavy atom. The first-order valence-electron chi connectivity index (χ1n) is 9.30. The van der Waals surface area contributed by atoms with Gasteiger partial charge in [0.15, 0.2) is 12.1 Å². The summed E-state index contributed by atoms with van der Waals surface area (Å²) in [5, 5.41) is 25.4. The molecule has 0 bridgehead atoms. The average Bonchev–Trinajstić information content (AvgIpc) is 3.24. The van der Waals surface area contributed by atoms with Crippen molar-refractivity contribution in [1.29, 1.82) is 0 Å². The van der Waals surface area contributed by atoms with Crippen LogP contribution in [0.25, 0.3) is 17.1 Å². The second kappa shape index (κ2) is 8.73. The van der Waals surface area contributed by atoms with E-state index in [4.69, 9.17) is 26.7 Å². The van der Waals surface area contributed by atoms with Crippen molar-refractivity contribution >= 4 is 20.0 Å². The first-order chi connectivity index (χ1) is 14.8. The van der Waals surface area contributed by atoms with Gasteiger partial charge >= 0.3 is 7.82 Å². The maximum absolute atomic E-state index is 11.0. The lowest BCUT2D eigenvalue weighted by molar-refractivity contribution is -0.0587. The van der Waals surface area contributed by atoms with Gasteiger partial charge in [-0.2, -0.15) is 0 Å². The van der Waals surface area contributed by atoms with Crippen molar-refractivity contribution < 1.29 is 33.8 Å². The van der Waals surface area contributed by atoms with Gasteiger partial charge in [0.25, 0.3) is 0 Å². The van der Waals surface area contributed by atoms with Crippen LogP contribution in [-0.2, 0) is 13.8 Å². The lowest BCUT2D eigenvalue weighted by Crippen LogP contribution is -2.33. The Kier molecular flexibility index (Phi) is 6.20. The van der Waals surface area contributed by atoms with Crippen molar-refractivity contribution in [2.75, 3.05) is 6.61 Å². The van der Waals surface area contributed by atoms with Gasteiger partial charge in [-0.3, -0.25) is 9.09 Å². The molecular weight excluding hydrogens is 445 g/mol. The number of aliphatic hydroxyl groups excluding tert-OH is 2. The van der Waals surface area contributed by atoms with Crippen LogP contribution in [0.15, 0.2) is 60.7 Å². The molecule has 0 saturated carbocycles. The molecular formula is C19H20N3O7PS. The highest BCUT2D eigenvalue weighted by Crippen LogP contribution is 2.38. The number of rotatable bonds is 6. The first kappa shape index (κ1) is 22.0. The van der Waals surface area contributed by atoms with Crippen LogP contribution in [0.1, 0.15) is 6.23 Å². The molecule has 2 aromatic carbocycles. The largest absolute Gasteiger partial charge is 0.469 e. The minimum absolute atomic E-state index is 0.206. The highest BCUT2D eigenvalue weighted by Gasteiger charge is 2.45. The molecule has 1 aromatic heterocycles. The van der Waals surface area contributed by atoms with E-state index < -0.39 is 39.0 Å². The topological polar surface area (TPSA) is 139 Å². The zero-order valence-electron chi connectivity index (χ0n) is 16.0. The fraction of sp³-hybridized carbons (Fsp3) is 0.263. The third-order valence-corrected chi connectivity index (χ3v) is 5.69. The number of ether oxygens (including phenoxy) is 1. The fourth-order valence-electron chi connectivity index (χ4n) is 3.37. The summed E-state index contributed by atoms with van der Waals surface area (Å²) in [7, 11) is -4.77. The van der Waals surface area contributed by atoms with E-state index in [0.717, 1.165) is 11.3 Å². The summed E-state index contributed by atoms with van der Waals surface area (Å²) in [6.07, 6.45) is -5.27. The van der Waals surface area contributed by atoms with Gasteiger partial charge in [0.2, 0.25) is 4.77 Å². The van der Waals surface area contributed by atoms with Gasteiger partial charge in [-0.1, -0.05) is 48.5 Å². The molecule has 1 aliphatic rings. The third-order valence-electron chi connectivity index (χ3n) is 4.83. The van der Waals surface area contributed by atoms with Crippen molar-refractivity contribution in [2.45, 2.75) is 24.5 Å². The van der Waals surface area contributed by atoms with E-state index in [1.807, 2.05) is 60.7 Å². The second-order valence-electron chi connectivity index (χ2n) is 6.92. The zero-order valence-corrected chi connectivity index (χ0v) is 17.7. The Balaban J connectivity index is 1.75. The Morgan fingerprint density at radius 2 is 1.65 bits per heavy atom. The van der Waals surface area contributed by atoms with Crippen LogP contribution in [0.3, 0.4) is 0 Å². The smallest absolute Gasteiger partial charge is 0.387 e. The summed E-state index contributed by atoms with van der Waals surface area (Å²) in [6.45, 7) is -0.614. The van der Waals surface area contributed by atoms with Gasteiger partial charge in [0.1, 0.15) is 18.3 Å². The molecule has 0 aliphatic carbocycles. The molecule has 1 fully saturated rings. The van der Waals surface area contributed by atoms with E-state index in [-0.39, 0.29) is 4.77 Å². The zero-order chi connectivity index (χ0) is 22.2. The molecule has 0 radical (unpaired) electrons. The average molecular weight is 465 g/mol. The molecule has 164 valence electrons. The fourth-order valence-corrected chi connectivity index (χ4v) is 4.05. The normalized spacial score (nSPS) is 23.9. The number of hydrogen-bond acceptors (Lipinski definition) is 7. The number of phosphoric ester groups is 1. The number of aromatic nitrogens is 3. The van der Waals surface area contributed by atoms with E-state index in [2.05, 4.69) is 9.62 Å². The van der Waals surface area contributed by atoms with E-state index in [1.165, 1.54) is 4.68 Å². The van der Waals surface area contributed by atoms with Crippen LogP contribution < -0.4 is 0 Å². The van der Waals surface area contributed by atoms with Crippen molar-refractivity contribution in [3.05, 3.63) is 65.4 Å². The molecule has 12 heteroatoms. The molecule has 4 rings (SSSR count). The third kappa shape index (κ3) is 4.54. The Labute approximate surface area is 182 Å². The Bertz CT molecular complexity index is 1150. The van der Waals surface area contributed by atoms with Crippen LogP contribution in [0.5, 0.6) is 0 Å². The maximum Gasteiger partial charge on any atom is 0.469 e. The molecule has 0 amide bonds. The lowest BCUT2D eigenvalue weighted by Gasteiger charge is -2.14. The SMILES string of the molecule is O=P(O)(O)OC[C@H]1O[C@@H](n2nc(-c3ccccc3)n(-c3ccccc3)c2=S)[C@H](O)[C@@H]1O. The van der Waals surface area contributed by atoms with Gasteiger partial charge in [-0.05, 0) is 24.4 Å². The molecule has 0 unspecified atom stereocenters. The van der Waals surface area contributed by atoms with Gasteiger partial charge in [-0.25, -0.2) is 9.25 Å². The molecule has 31 heavy (non-hydrogen) atoms. The Hall–Kier alpha value is -2.21. The molecule has 1 saturated heterocycles. The number of phosphoric acid groups is 1. The maximum atomic E-state index is 11.0. The van der Waals surface area contributed by atoms with Gasteiger partial charge < -0.3 is 24.7 Å². The number of para-hydroxylation sites is 1. The monoisotopic (exact) mass is 465 g/mol. The van der Waals surface area contributed by atoms with E-state index in [9.17, 15) is 14.8 Å². The van der Waals surface area contributed by atoms with Crippen molar-refractivity contribution in [3.63, 3.8) is 0 Å². The highest BCUT2D eigenvalue weighted by molar-refractivity contribution is 7.71. The molecule has 2 heterocycles. The molecule has 4 N–H and O–H groups in total. The lowest BCUT2D eigenvalue weighted by atomic mass is 10.1. The highest BCUT2D eigenvalue weighted by atomic mass is 32.1. The van der Waals surface area contributed by atoms with Crippen molar-refractivity contribution in [1.82, 2.24) is 14.3 Å². The molecule has 0 spiro atoms. The molecule has 10 nitrogen and oxygen atoms in total. The quantitative estimate of drug-likeness (QED) is 0.317.